The van der Waals surface area contributed by atoms with Crippen LogP contribution in [0.1, 0.15) is 12.8 Å². The third-order valence-corrected chi connectivity index (χ3v) is 3.36. The Balaban J connectivity index is 1.85. The molecule has 112 valence electrons. The van der Waals surface area contributed by atoms with E-state index in [4.69, 9.17) is 4.74 Å². The second-order valence-electron chi connectivity index (χ2n) is 4.87. The molecule has 1 aliphatic heterocycles. The number of rotatable bonds is 5. The highest BCUT2D eigenvalue weighted by Gasteiger charge is 2.13. The number of hydrogen-bond donors (Lipinski definition) is 2. The minimum Gasteiger partial charge on any atom is -0.376 e. The van der Waals surface area contributed by atoms with Crippen molar-refractivity contribution < 1.29 is 4.74 Å². The topological polar surface area (TPSA) is 90.2 Å². The number of nitrogens with zero attached hydrogens (tertiary/aromatic N) is 3. The highest BCUT2D eigenvalue weighted by atomic mass is 16.5. The van der Waals surface area contributed by atoms with Gasteiger partial charge in [0.1, 0.15) is 0 Å². The summed E-state index contributed by atoms with van der Waals surface area (Å²) in [6, 6.07) is 0. The highest BCUT2D eigenvalue weighted by Crippen LogP contribution is 2.06. The zero-order valence-electron chi connectivity index (χ0n) is 11.9. The first-order valence-corrected chi connectivity index (χ1v) is 6.80. The van der Waals surface area contributed by atoms with Gasteiger partial charge in [0.15, 0.2) is 0 Å². The van der Waals surface area contributed by atoms with Crippen molar-refractivity contribution in [1.29, 1.82) is 0 Å². The Morgan fingerprint density at radius 3 is 2.75 bits per heavy atom. The van der Waals surface area contributed by atoms with Gasteiger partial charge in [-0.2, -0.15) is 0 Å². The molecule has 2 rings (SSSR count). The maximum Gasteiger partial charge on any atom is 0.346 e. The average molecular weight is 283 g/mol. The minimum absolute atomic E-state index is 0.170. The van der Waals surface area contributed by atoms with Crippen LogP contribution in [0.25, 0.3) is 0 Å². The number of aromatic nitrogens is 3. The summed E-state index contributed by atoms with van der Waals surface area (Å²) in [5.74, 6) is 0.170. The Labute approximate surface area is 116 Å². The van der Waals surface area contributed by atoms with Crippen molar-refractivity contribution >= 4 is 5.82 Å². The summed E-state index contributed by atoms with van der Waals surface area (Å²) < 4.78 is 7.89. The van der Waals surface area contributed by atoms with Crippen LogP contribution in [0.3, 0.4) is 0 Å². The zero-order valence-corrected chi connectivity index (χ0v) is 11.9. The molecule has 1 aromatic rings. The molecule has 1 fully saturated rings. The second-order valence-corrected chi connectivity index (χ2v) is 4.87. The summed E-state index contributed by atoms with van der Waals surface area (Å²) in [7, 11) is 2.95. The second kappa shape index (κ2) is 6.67. The van der Waals surface area contributed by atoms with Gasteiger partial charge in [0.2, 0.25) is 5.82 Å². The van der Waals surface area contributed by atoms with Crippen LogP contribution in [0.4, 0.5) is 5.82 Å². The first-order valence-electron chi connectivity index (χ1n) is 6.80. The molecule has 0 aromatic carbocycles. The molecule has 8 nitrogen and oxygen atoms in total. The lowest BCUT2D eigenvalue weighted by atomic mass is 10.1. The predicted octanol–water partition coefficient (Wildman–Crippen LogP) is -1.34. The van der Waals surface area contributed by atoms with Crippen LogP contribution < -0.4 is 21.9 Å². The van der Waals surface area contributed by atoms with Gasteiger partial charge in [0.05, 0.1) is 12.7 Å². The van der Waals surface area contributed by atoms with Crippen molar-refractivity contribution in [3.05, 3.63) is 20.8 Å². The predicted molar refractivity (Wildman–Crippen MR) is 75.1 cm³/mol. The summed E-state index contributed by atoms with van der Waals surface area (Å²) in [4.78, 5) is 23.3. The molecule has 8 heteroatoms. The fourth-order valence-electron chi connectivity index (χ4n) is 2.17. The van der Waals surface area contributed by atoms with Crippen molar-refractivity contribution in [3.8, 4) is 0 Å². The van der Waals surface area contributed by atoms with Gasteiger partial charge in [0.25, 0.3) is 5.56 Å². The van der Waals surface area contributed by atoms with Crippen LogP contribution in [0.5, 0.6) is 0 Å². The van der Waals surface area contributed by atoms with Gasteiger partial charge >= 0.3 is 5.69 Å². The molecule has 0 radical (unpaired) electrons. The maximum absolute atomic E-state index is 11.8. The first-order chi connectivity index (χ1) is 9.59. The summed E-state index contributed by atoms with van der Waals surface area (Å²) >= 11 is 0. The van der Waals surface area contributed by atoms with Gasteiger partial charge in [0, 0.05) is 20.6 Å². The monoisotopic (exact) mass is 283 g/mol. The normalized spacial score (nSPS) is 16.3. The van der Waals surface area contributed by atoms with Gasteiger partial charge in [-0.3, -0.25) is 9.36 Å². The molecule has 0 saturated carbocycles. The van der Waals surface area contributed by atoms with E-state index < -0.39 is 11.2 Å². The van der Waals surface area contributed by atoms with Crippen molar-refractivity contribution in [3.63, 3.8) is 0 Å². The number of ether oxygens (including phenoxy) is 1. The smallest absolute Gasteiger partial charge is 0.346 e. The Kier molecular flexibility index (Phi) is 4.91. The Morgan fingerprint density at radius 1 is 1.35 bits per heavy atom. The van der Waals surface area contributed by atoms with E-state index in [1.54, 1.807) is 0 Å². The van der Waals surface area contributed by atoms with E-state index in [1.165, 1.54) is 14.1 Å². The fourth-order valence-corrected chi connectivity index (χ4v) is 2.17. The maximum atomic E-state index is 11.8. The third kappa shape index (κ3) is 3.45. The van der Waals surface area contributed by atoms with Crippen molar-refractivity contribution in [2.24, 2.45) is 14.1 Å². The van der Waals surface area contributed by atoms with E-state index in [0.29, 0.717) is 13.2 Å². The molecular formula is C12H21N5O3. The van der Waals surface area contributed by atoms with Crippen LogP contribution in [-0.4, -0.2) is 46.7 Å². The summed E-state index contributed by atoms with van der Waals surface area (Å²) in [6.45, 7) is 2.98. The number of anilines is 1. The Hall–Kier alpha value is -1.67. The van der Waals surface area contributed by atoms with Crippen LogP contribution in [0.2, 0.25) is 0 Å². The van der Waals surface area contributed by atoms with Gasteiger partial charge < -0.3 is 15.4 Å². The Morgan fingerprint density at radius 2 is 2.05 bits per heavy atom. The number of piperidine rings is 1. The quantitative estimate of drug-likeness (QED) is 0.650. The minimum atomic E-state index is -0.438. The molecule has 1 aromatic heterocycles. The molecule has 2 heterocycles. The number of nitrogens with one attached hydrogen (secondary N) is 2. The highest BCUT2D eigenvalue weighted by molar-refractivity contribution is 5.29. The van der Waals surface area contributed by atoms with E-state index in [9.17, 15) is 9.59 Å². The van der Waals surface area contributed by atoms with Crippen LogP contribution in [0, 0.1) is 0 Å². The summed E-state index contributed by atoms with van der Waals surface area (Å²) in [6.07, 6.45) is 2.31. The number of hydrogen-bond acceptors (Lipinski definition) is 6. The molecule has 2 N–H and O–H groups in total. The zero-order chi connectivity index (χ0) is 14.5. The van der Waals surface area contributed by atoms with Crippen LogP contribution in [0.15, 0.2) is 9.59 Å². The lowest BCUT2D eigenvalue weighted by Crippen LogP contribution is -2.40. The molecule has 20 heavy (non-hydrogen) atoms. The lowest BCUT2D eigenvalue weighted by molar-refractivity contribution is 0.0394. The molecule has 1 saturated heterocycles. The molecule has 0 atom stereocenters. The standard InChI is InChI=1S/C12H21N5O3/c1-16-11(18)10(15-17(2)12(16)19)14-7-8-20-9-3-5-13-6-4-9/h9,13H,3-8H2,1-2H3,(H,14,15). The van der Waals surface area contributed by atoms with Gasteiger partial charge in [-0.05, 0) is 25.9 Å². The van der Waals surface area contributed by atoms with Crippen LogP contribution >= 0.6 is 0 Å². The van der Waals surface area contributed by atoms with Crippen LogP contribution in [-0.2, 0) is 18.8 Å². The van der Waals surface area contributed by atoms with Gasteiger partial charge in [-0.25, -0.2) is 9.48 Å². The van der Waals surface area contributed by atoms with Crippen molar-refractivity contribution in [1.82, 2.24) is 19.7 Å². The van der Waals surface area contributed by atoms with E-state index >= 15 is 0 Å². The average Bonchev–Trinajstić information content (AvgIpc) is 2.47. The van der Waals surface area contributed by atoms with Crippen molar-refractivity contribution in [2.45, 2.75) is 18.9 Å². The lowest BCUT2D eigenvalue weighted by Gasteiger charge is -2.22. The molecule has 0 aliphatic carbocycles. The largest absolute Gasteiger partial charge is 0.376 e. The number of aryl methyl sites for hydroxylation is 1. The fraction of sp³-hybridized carbons (Fsp3) is 0.750. The molecule has 0 bridgehead atoms. The molecular weight excluding hydrogens is 262 g/mol. The molecule has 0 spiro atoms. The first kappa shape index (κ1) is 14.7. The van der Waals surface area contributed by atoms with E-state index in [1.807, 2.05) is 0 Å². The van der Waals surface area contributed by atoms with Gasteiger partial charge in [-0.1, -0.05) is 0 Å². The molecule has 0 amide bonds. The van der Waals surface area contributed by atoms with E-state index in [0.717, 1.165) is 35.2 Å². The van der Waals surface area contributed by atoms with Crippen molar-refractivity contribution in [2.75, 3.05) is 31.6 Å². The van der Waals surface area contributed by atoms with E-state index in [2.05, 4.69) is 15.7 Å². The Bertz CT molecular complexity index is 559. The SMILES string of the molecule is Cn1nc(NCCOC2CCNCC2)c(=O)n(C)c1=O. The summed E-state index contributed by atoms with van der Waals surface area (Å²) in [5.41, 5.74) is -0.860. The molecule has 1 aliphatic rings. The van der Waals surface area contributed by atoms with E-state index in [-0.39, 0.29) is 11.9 Å². The summed E-state index contributed by atoms with van der Waals surface area (Å²) in [5, 5.41) is 10.1. The third-order valence-electron chi connectivity index (χ3n) is 3.36. The van der Waals surface area contributed by atoms with Gasteiger partial charge in [-0.15, -0.1) is 5.10 Å². The molecule has 0 unspecified atom stereocenters.